The number of hydrogen-bond acceptors (Lipinski definition) is 5. The number of sulfonamides is 1. The first kappa shape index (κ1) is 25.7. The van der Waals surface area contributed by atoms with E-state index in [1.165, 1.54) is 16.4 Å². The molecule has 1 unspecified atom stereocenters. The van der Waals surface area contributed by atoms with E-state index in [-0.39, 0.29) is 49.9 Å². The molecule has 2 heterocycles. The van der Waals surface area contributed by atoms with Gasteiger partial charge in [-0.1, -0.05) is 24.3 Å². The zero-order valence-corrected chi connectivity index (χ0v) is 20.9. The van der Waals surface area contributed by atoms with Crippen molar-refractivity contribution in [3.63, 3.8) is 0 Å². The third-order valence-electron chi connectivity index (χ3n) is 7.58. The molecule has 2 aliphatic heterocycles. The molecular formula is C26H27F3N2O5S. The maximum absolute atomic E-state index is 13.4. The summed E-state index contributed by atoms with van der Waals surface area (Å²) < 4.78 is 72.2. The molecule has 5 rings (SSSR count). The highest BCUT2D eigenvalue weighted by Gasteiger charge is 2.43. The van der Waals surface area contributed by atoms with Gasteiger partial charge in [-0.25, -0.2) is 13.2 Å². The summed E-state index contributed by atoms with van der Waals surface area (Å²) in [4.78, 5) is 26.0. The fraction of sp³-hybridized carbons (Fsp3) is 0.462. The van der Waals surface area contributed by atoms with E-state index in [2.05, 4.69) is 0 Å². The average molecular weight is 537 g/mol. The van der Waals surface area contributed by atoms with Crippen molar-refractivity contribution in [2.75, 3.05) is 18.0 Å². The number of hydrogen-bond donors (Lipinski definition) is 0. The second-order valence-electron chi connectivity index (χ2n) is 9.76. The van der Waals surface area contributed by atoms with Crippen molar-refractivity contribution in [2.45, 2.75) is 62.2 Å². The summed E-state index contributed by atoms with van der Waals surface area (Å²) in [5.41, 5.74) is 3.13. The molecule has 1 amide bonds. The number of amides is 1. The van der Waals surface area contributed by atoms with Gasteiger partial charge in [-0.05, 0) is 67.9 Å². The maximum atomic E-state index is 13.4. The van der Waals surface area contributed by atoms with Crippen LogP contribution in [-0.4, -0.2) is 49.9 Å². The Morgan fingerprint density at radius 2 is 1.59 bits per heavy atom. The monoisotopic (exact) mass is 536 g/mol. The van der Waals surface area contributed by atoms with Gasteiger partial charge in [0.2, 0.25) is 15.8 Å². The highest BCUT2D eigenvalue weighted by atomic mass is 32.2. The molecule has 1 atom stereocenters. The Morgan fingerprint density at radius 3 is 2.30 bits per heavy atom. The van der Waals surface area contributed by atoms with Crippen LogP contribution in [0.2, 0.25) is 0 Å². The van der Waals surface area contributed by atoms with E-state index in [4.69, 9.17) is 4.74 Å². The Bertz CT molecular complexity index is 1320. The smallest absolute Gasteiger partial charge is 0.444 e. The lowest BCUT2D eigenvalue weighted by Gasteiger charge is -2.39. The van der Waals surface area contributed by atoms with Gasteiger partial charge in [-0.2, -0.15) is 17.5 Å². The average Bonchev–Trinajstić information content (AvgIpc) is 3.10. The van der Waals surface area contributed by atoms with Gasteiger partial charge in [-0.15, -0.1) is 0 Å². The number of anilines is 1. The summed E-state index contributed by atoms with van der Waals surface area (Å²) in [5, 5.41) is 0. The minimum Gasteiger partial charge on any atom is -0.444 e. The zero-order chi connectivity index (χ0) is 26.4. The Hall–Kier alpha value is -2.92. The van der Waals surface area contributed by atoms with E-state index in [9.17, 15) is 31.2 Å². The maximum Gasteiger partial charge on any atom is 0.450 e. The fourth-order valence-corrected chi connectivity index (χ4v) is 7.07. The molecule has 1 fully saturated rings. The lowest BCUT2D eigenvalue weighted by molar-refractivity contribution is -0.176. The number of para-hydroxylation sites is 1. The molecule has 3 aliphatic rings. The van der Waals surface area contributed by atoms with Crippen LogP contribution in [0.25, 0.3) is 0 Å². The van der Waals surface area contributed by atoms with E-state index in [1.807, 2.05) is 24.3 Å². The molecule has 37 heavy (non-hydrogen) atoms. The van der Waals surface area contributed by atoms with Crippen LogP contribution >= 0.6 is 0 Å². The molecule has 1 aliphatic carbocycles. The summed E-state index contributed by atoms with van der Waals surface area (Å²) in [7, 11) is -3.84. The van der Waals surface area contributed by atoms with Gasteiger partial charge >= 0.3 is 12.3 Å². The van der Waals surface area contributed by atoms with Crippen molar-refractivity contribution in [2.24, 2.45) is 5.92 Å². The Labute approximate surface area is 213 Å². The lowest BCUT2D eigenvalue weighted by atomic mass is 9.94. The predicted octanol–water partition coefficient (Wildman–Crippen LogP) is 4.62. The molecule has 7 nitrogen and oxygen atoms in total. The third kappa shape index (κ3) is 4.98. The van der Waals surface area contributed by atoms with Gasteiger partial charge in [0.1, 0.15) is 6.61 Å². The van der Waals surface area contributed by atoms with E-state index in [0.717, 1.165) is 16.8 Å². The predicted molar refractivity (Wildman–Crippen MR) is 129 cm³/mol. The van der Waals surface area contributed by atoms with Crippen LogP contribution in [0.1, 0.15) is 42.4 Å². The van der Waals surface area contributed by atoms with Gasteiger partial charge in [0, 0.05) is 30.6 Å². The van der Waals surface area contributed by atoms with Gasteiger partial charge in [0.25, 0.3) is 0 Å². The summed E-state index contributed by atoms with van der Waals surface area (Å²) >= 11 is 0. The van der Waals surface area contributed by atoms with Crippen LogP contribution in [0.5, 0.6) is 0 Å². The molecule has 0 bridgehead atoms. The Morgan fingerprint density at radius 1 is 0.919 bits per heavy atom. The molecule has 0 saturated carbocycles. The molecule has 11 heteroatoms. The molecular weight excluding hydrogens is 509 g/mol. The highest BCUT2D eigenvalue weighted by Crippen LogP contribution is 2.35. The largest absolute Gasteiger partial charge is 0.450 e. The molecule has 198 valence electrons. The minimum absolute atomic E-state index is 0.0354. The Balaban J connectivity index is 1.28. The molecule has 2 aromatic rings. The third-order valence-corrected chi connectivity index (χ3v) is 9.47. The standard InChI is InChI=1S/C26H27F3N2O5S/c27-26(28,29)24(32)18-6-5-17-9-10-22(15-19(17)8-7-18)37(34,35)30-13-11-21(12-14-30)31-23-4-2-1-3-20(23)16-36-25(31)33/h1-4,9-10,15,18,21H,5-8,11-14,16H2. The second kappa shape index (κ2) is 9.75. The van der Waals surface area contributed by atoms with Crippen molar-refractivity contribution < 1.29 is 35.9 Å². The number of ether oxygens (including phenoxy) is 1. The summed E-state index contributed by atoms with van der Waals surface area (Å²) in [6, 6.07) is 12.0. The number of cyclic esters (lactones) is 1. The first-order chi connectivity index (χ1) is 17.6. The number of fused-ring (bicyclic) bond motifs is 2. The minimum atomic E-state index is -4.87. The van der Waals surface area contributed by atoms with Crippen molar-refractivity contribution in [3.8, 4) is 0 Å². The van der Waals surface area contributed by atoms with Crippen molar-refractivity contribution in [1.29, 1.82) is 0 Å². The number of ketones is 1. The molecule has 0 radical (unpaired) electrons. The van der Waals surface area contributed by atoms with Crippen molar-refractivity contribution in [3.05, 3.63) is 59.2 Å². The van der Waals surface area contributed by atoms with E-state index in [0.29, 0.717) is 24.8 Å². The number of alkyl halides is 3. The quantitative estimate of drug-likeness (QED) is 0.533. The van der Waals surface area contributed by atoms with Gasteiger partial charge in [-0.3, -0.25) is 9.69 Å². The SMILES string of the molecule is O=C1OCc2ccccc2N1C1CCN(S(=O)(=O)c2ccc3c(c2)CCC(C(=O)C(F)(F)F)CC3)CC1. The topological polar surface area (TPSA) is 84.0 Å². The highest BCUT2D eigenvalue weighted by molar-refractivity contribution is 7.89. The van der Waals surface area contributed by atoms with Crippen LogP contribution in [0.4, 0.5) is 23.7 Å². The summed E-state index contributed by atoms with van der Waals surface area (Å²) in [5.74, 6) is -2.82. The fourth-order valence-electron chi connectivity index (χ4n) is 5.55. The molecule has 0 spiro atoms. The molecule has 1 saturated heterocycles. The molecule has 2 aromatic carbocycles. The first-order valence-corrected chi connectivity index (χ1v) is 13.8. The molecule has 0 aromatic heterocycles. The van der Waals surface area contributed by atoms with Gasteiger partial charge in [0.05, 0.1) is 10.6 Å². The van der Waals surface area contributed by atoms with Crippen molar-refractivity contribution in [1.82, 2.24) is 4.31 Å². The number of nitrogens with zero attached hydrogens (tertiary/aromatic N) is 2. The summed E-state index contributed by atoms with van der Waals surface area (Å²) in [6.07, 6.45) is -3.79. The number of carbonyl (C=O) groups is 2. The van der Waals surface area contributed by atoms with E-state index >= 15 is 0 Å². The number of halogens is 3. The number of rotatable bonds is 4. The second-order valence-corrected chi connectivity index (χ2v) is 11.7. The van der Waals surface area contributed by atoms with Gasteiger partial charge < -0.3 is 4.74 Å². The van der Waals surface area contributed by atoms with Crippen molar-refractivity contribution >= 4 is 27.6 Å². The van der Waals surface area contributed by atoms with Gasteiger partial charge in [0.15, 0.2) is 0 Å². The normalized spacial score (nSPS) is 21.5. The Kier molecular flexibility index (Phi) is 6.78. The van der Waals surface area contributed by atoms with E-state index in [1.54, 1.807) is 11.0 Å². The lowest BCUT2D eigenvalue weighted by Crippen LogP contribution is -2.50. The van der Waals surface area contributed by atoms with Crippen LogP contribution < -0.4 is 4.90 Å². The zero-order valence-electron chi connectivity index (χ0n) is 20.0. The van der Waals surface area contributed by atoms with E-state index < -0.39 is 34.0 Å². The first-order valence-electron chi connectivity index (χ1n) is 12.3. The number of piperidine rings is 1. The number of carbonyl (C=O) groups excluding carboxylic acids is 2. The number of benzene rings is 2. The van der Waals surface area contributed by atoms with Crippen LogP contribution in [-0.2, 0) is 39.0 Å². The van der Waals surface area contributed by atoms with Crippen LogP contribution in [0.3, 0.4) is 0 Å². The number of Topliss-reactive ketones (excluding diaryl/α,β-unsaturated/α-hetero) is 1. The molecule has 0 N–H and O–H groups in total. The van der Waals surface area contributed by atoms with Crippen LogP contribution in [0.15, 0.2) is 47.4 Å². The van der Waals surface area contributed by atoms with Crippen LogP contribution in [0, 0.1) is 5.92 Å². The summed E-state index contributed by atoms with van der Waals surface area (Å²) in [6.45, 7) is 0.651. The number of aryl methyl sites for hydroxylation is 2.